The lowest BCUT2D eigenvalue weighted by Crippen LogP contribution is -2.00. The molecule has 0 aliphatic carbocycles. The van der Waals surface area contributed by atoms with Gasteiger partial charge in [-0.25, -0.2) is 4.21 Å². The topological polar surface area (TPSA) is 63.6 Å². The Morgan fingerprint density at radius 2 is 1.87 bits per heavy atom. The number of hydrogen-bond acceptors (Lipinski definition) is 3. The number of benzene rings is 1. The van der Waals surface area contributed by atoms with Gasteiger partial charge in [-0.1, -0.05) is 21.4 Å². The molecule has 1 rings (SSSR count). The van der Waals surface area contributed by atoms with Gasteiger partial charge >= 0.3 is 9.24 Å². The van der Waals surface area contributed by atoms with Gasteiger partial charge in [-0.3, -0.25) is 0 Å². The molecule has 0 saturated heterocycles. The summed E-state index contributed by atoms with van der Waals surface area (Å²) in [5.74, 6) is 0. The average molecular weight is 288 g/mol. The normalized spacial score (nSPS) is 15.7. The minimum Gasteiger partial charge on any atom is -0.244 e. The first-order chi connectivity index (χ1) is 6.71. The molecule has 15 heavy (non-hydrogen) atoms. The molecule has 0 fully saturated rings. The van der Waals surface area contributed by atoms with Crippen molar-refractivity contribution in [1.29, 1.82) is 0 Å². The van der Waals surface area contributed by atoms with Gasteiger partial charge in [-0.2, -0.15) is 8.42 Å². The zero-order valence-electron chi connectivity index (χ0n) is 7.55. The maximum absolute atomic E-state index is 11.9. The molecule has 1 unspecified atom stereocenters. The Kier molecular flexibility index (Phi) is 3.65. The molecule has 0 radical (unpaired) electrons. The van der Waals surface area contributed by atoms with E-state index in [2.05, 4.69) is 3.77 Å². The fraction of sp³-hybridized carbons (Fsp3) is 0.143. The van der Waals surface area contributed by atoms with Crippen LogP contribution in [0.15, 0.2) is 32.9 Å². The molecule has 0 saturated carbocycles. The summed E-state index contributed by atoms with van der Waals surface area (Å²) in [4.78, 5) is 0.222. The molecule has 0 heterocycles. The van der Waals surface area contributed by atoms with Crippen molar-refractivity contribution in [3.8, 4) is 0 Å². The van der Waals surface area contributed by atoms with Gasteiger partial charge in [-0.05, 0) is 18.2 Å². The molecule has 0 N–H and O–H groups in total. The van der Waals surface area contributed by atoms with Gasteiger partial charge in [0.1, 0.15) is 0 Å². The summed E-state index contributed by atoms with van der Waals surface area (Å²) in [7, 11) is -2.33. The second-order valence-electron chi connectivity index (χ2n) is 2.75. The lowest BCUT2D eigenvalue weighted by atomic mass is 10.4. The maximum atomic E-state index is 11.9. The molecule has 84 valence electrons. The summed E-state index contributed by atoms with van der Waals surface area (Å²) in [5.41, 5.74) is 0. The van der Waals surface area contributed by atoms with Gasteiger partial charge in [-0.15, -0.1) is 0 Å². The Morgan fingerprint density at radius 1 is 1.27 bits per heavy atom. The summed E-state index contributed by atoms with van der Waals surface area (Å²) in [6, 6.07) is 5.99. The van der Waals surface area contributed by atoms with Crippen LogP contribution in [0.25, 0.3) is 0 Å². The highest BCUT2D eigenvalue weighted by molar-refractivity contribution is 8.17. The van der Waals surface area contributed by atoms with E-state index in [0.29, 0.717) is 5.02 Å². The first-order valence-corrected chi connectivity index (χ1v) is 8.21. The third-order valence-corrected chi connectivity index (χ3v) is 5.19. The lowest BCUT2D eigenvalue weighted by Gasteiger charge is -2.02. The summed E-state index contributed by atoms with van der Waals surface area (Å²) in [5, 5.41) is 0.351. The van der Waals surface area contributed by atoms with Gasteiger partial charge in [0.25, 0.3) is 0 Å². The zero-order chi connectivity index (χ0) is 11.7. The molecular weight excluding hydrogens is 281 g/mol. The molecule has 1 atom stereocenters. The summed E-state index contributed by atoms with van der Waals surface area (Å²) in [6.45, 7) is 0. The number of nitrogens with zero attached hydrogens (tertiary/aromatic N) is 1. The van der Waals surface area contributed by atoms with Crippen LogP contribution in [0.5, 0.6) is 0 Å². The lowest BCUT2D eigenvalue weighted by molar-refractivity contribution is 0.611. The molecule has 4 nitrogen and oxygen atoms in total. The number of rotatable bonds is 2. The van der Waals surface area contributed by atoms with Crippen LogP contribution in [0.2, 0.25) is 5.02 Å². The highest BCUT2D eigenvalue weighted by atomic mass is 35.7. The van der Waals surface area contributed by atoms with Crippen LogP contribution in [-0.4, -0.2) is 18.9 Å². The number of halogens is 2. The standard InChI is InChI=1S/C7H7Cl2NO3S2/c1-14(11,10-15(9,12)13)7-4-2-3-6(8)5-7/h2-5H,1H3. The molecule has 0 aliphatic rings. The minimum atomic E-state index is -4.16. The van der Waals surface area contributed by atoms with Crippen molar-refractivity contribution in [2.45, 2.75) is 4.90 Å². The van der Waals surface area contributed by atoms with E-state index in [1.165, 1.54) is 18.4 Å². The van der Waals surface area contributed by atoms with Gasteiger partial charge < -0.3 is 0 Å². The van der Waals surface area contributed by atoms with Gasteiger partial charge in [0.2, 0.25) is 0 Å². The first-order valence-electron chi connectivity index (χ1n) is 3.64. The highest BCUT2D eigenvalue weighted by Crippen LogP contribution is 2.18. The average Bonchev–Trinajstić information content (AvgIpc) is 1.99. The van der Waals surface area contributed by atoms with Crippen molar-refractivity contribution >= 4 is 41.2 Å². The molecule has 0 aliphatic heterocycles. The van der Waals surface area contributed by atoms with E-state index >= 15 is 0 Å². The van der Waals surface area contributed by atoms with E-state index in [0.717, 1.165) is 0 Å². The van der Waals surface area contributed by atoms with Crippen molar-refractivity contribution in [3.63, 3.8) is 0 Å². The highest BCUT2D eigenvalue weighted by Gasteiger charge is 2.11. The second-order valence-corrected chi connectivity index (χ2v) is 7.85. The van der Waals surface area contributed by atoms with Gasteiger partial charge in [0, 0.05) is 26.9 Å². The van der Waals surface area contributed by atoms with E-state index in [9.17, 15) is 12.6 Å². The van der Waals surface area contributed by atoms with Crippen LogP contribution >= 0.6 is 22.3 Å². The van der Waals surface area contributed by atoms with Crippen LogP contribution < -0.4 is 0 Å². The third kappa shape index (κ3) is 3.98. The first kappa shape index (κ1) is 12.8. The molecule has 0 bridgehead atoms. The largest absolute Gasteiger partial charge is 0.347 e. The fourth-order valence-electron chi connectivity index (χ4n) is 0.916. The van der Waals surface area contributed by atoms with Crippen LogP contribution in [0, 0.1) is 0 Å². The molecule has 0 amide bonds. The predicted octanol–water partition coefficient (Wildman–Crippen LogP) is 2.28. The Hall–Kier alpha value is -0.300. The Balaban J connectivity index is 3.43. The third-order valence-electron chi connectivity index (χ3n) is 1.46. The Bertz CT molecular complexity index is 588. The summed E-state index contributed by atoms with van der Waals surface area (Å²) >= 11 is 5.67. The van der Waals surface area contributed by atoms with Gasteiger partial charge in [0.15, 0.2) is 0 Å². The van der Waals surface area contributed by atoms with Crippen molar-refractivity contribution in [2.75, 3.05) is 6.26 Å². The molecular formula is C7H7Cl2NO3S2. The van der Waals surface area contributed by atoms with Crippen LogP contribution in [0.3, 0.4) is 0 Å². The van der Waals surface area contributed by atoms with E-state index in [1.807, 2.05) is 0 Å². The van der Waals surface area contributed by atoms with Crippen LogP contribution in [0.1, 0.15) is 0 Å². The number of hydrogen-bond donors (Lipinski definition) is 0. The molecule has 8 heteroatoms. The Morgan fingerprint density at radius 3 is 2.33 bits per heavy atom. The fourth-order valence-corrected chi connectivity index (χ4v) is 4.52. The van der Waals surface area contributed by atoms with Crippen molar-refractivity contribution < 1.29 is 12.6 Å². The van der Waals surface area contributed by atoms with Crippen molar-refractivity contribution in [1.82, 2.24) is 0 Å². The van der Waals surface area contributed by atoms with E-state index in [4.69, 9.17) is 22.3 Å². The summed E-state index contributed by atoms with van der Waals surface area (Å²) in [6.07, 6.45) is 1.18. The predicted molar refractivity (Wildman–Crippen MR) is 61.0 cm³/mol. The van der Waals surface area contributed by atoms with E-state index < -0.39 is 19.0 Å². The SMILES string of the molecule is CS(=O)(=NS(=O)(=O)Cl)c1cccc(Cl)c1. The van der Waals surface area contributed by atoms with E-state index in [1.54, 1.807) is 12.1 Å². The Labute approximate surface area is 97.9 Å². The molecule has 0 spiro atoms. The monoisotopic (exact) mass is 287 g/mol. The van der Waals surface area contributed by atoms with Crippen molar-refractivity contribution in [2.24, 2.45) is 3.77 Å². The van der Waals surface area contributed by atoms with E-state index in [-0.39, 0.29) is 4.90 Å². The molecule has 1 aromatic carbocycles. The van der Waals surface area contributed by atoms with Crippen LogP contribution in [-0.2, 0) is 19.0 Å². The van der Waals surface area contributed by atoms with Gasteiger partial charge in [0.05, 0.1) is 9.73 Å². The maximum Gasteiger partial charge on any atom is 0.347 e. The molecule has 0 aromatic heterocycles. The minimum absolute atomic E-state index is 0.222. The molecule has 1 aromatic rings. The quantitative estimate of drug-likeness (QED) is 0.784. The second kappa shape index (κ2) is 4.29. The zero-order valence-corrected chi connectivity index (χ0v) is 10.7. The smallest absolute Gasteiger partial charge is 0.244 e. The van der Waals surface area contributed by atoms with Crippen molar-refractivity contribution in [3.05, 3.63) is 29.3 Å². The summed E-state index contributed by atoms with van der Waals surface area (Å²) < 4.78 is 36.3. The van der Waals surface area contributed by atoms with Crippen LogP contribution in [0.4, 0.5) is 0 Å².